The number of anilines is 6. The molecule has 0 saturated carbocycles. The van der Waals surface area contributed by atoms with E-state index in [1.54, 1.807) is 0 Å². The minimum atomic E-state index is -0.592. The highest BCUT2D eigenvalue weighted by molar-refractivity contribution is 6.08. The lowest BCUT2D eigenvalue weighted by molar-refractivity contribution is 0.752. The van der Waals surface area contributed by atoms with E-state index in [1.807, 2.05) is 0 Å². The summed E-state index contributed by atoms with van der Waals surface area (Å²) in [7, 11) is 0. The van der Waals surface area contributed by atoms with E-state index in [4.69, 9.17) is 0 Å². The summed E-state index contributed by atoms with van der Waals surface area (Å²) in [5.41, 5.74) is 18.7. The molecule has 0 atom stereocenters. The number of para-hydroxylation sites is 4. The Morgan fingerprint density at radius 3 is 1.46 bits per heavy atom. The molecule has 304 valence electrons. The predicted octanol–water partition coefficient (Wildman–Crippen LogP) is 16.9. The van der Waals surface area contributed by atoms with E-state index in [0.29, 0.717) is 0 Å². The van der Waals surface area contributed by atoms with Crippen molar-refractivity contribution in [1.82, 2.24) is 0 Å². The fourth-order valence-corrected chi connectivity index (χ4v) is 11.3. The first-order valence-electron chi connectivity index (χ1n) is 22.5. The van der Waals surface area contributed by atoms with Gasteiger partial charge in [-0.2, -0.15) is 0 Å². The van der Waals surface area contributed by atoms with Crippen molar-refractivity contribution < 1.29 is 0 Å². The van der Waals surface area contributed by atoms with Gasteiger partial charge in [0, 0.05) is 22.2 Å². The average Bonchev–Trinajstić information content (AvgIpc) is 3.68. The Hall–Kier alpha value is -8.46. The molecule has 2 nitrogen and oxygen atoms in total. The summed E-state index contributed by atoms with van der Waals surface area (Å²) in [4.78, 5) is 5.01. The summed E-state index contributed by atoms with van der Waals surface area (Å²) in [6.07, 6.45) is 0. The highest BCUT2D eigenvalue weighted by atomic mass is 15.2. The third-order valence-electron chi connectivity index (χ3n) is 13.8. The van der Waals surface area contributed by atoms with Gasteiger partial charge in [0.25, 0.3) is 0 Å². The summed E-state index contributed by atoms with van der Waals surface area (Å²) < 4.78 is 0. The lowest BCUT2D eigenvalue weighted by Crippen LogP contribution is -2.36. The van der Waals surface area contributed by atoms with Crippen molar-refractivity contribution in [3.8, 4) is 33.4 Å². The molecule has 13 rings (SSSR count). The molecular weight excluding hydrogens is 785 g/mol. The van der Waals surface area contributed by atoms with E-state index >= 15 is 0 Å². The number of rotatable bonds is 6. The molecule has 11 aromatic carbocycles. The van der Waals surface area contributed by atoms with Crippen molar-refractivity contribution in [2.45, 2.75) is 5.41 Å². The Bertz CT molecular complexity index is 3580. The SMILES string of the molecule is c1ccc(N2c3ccccc3C3(c4ccccc4-c4c(N(c5ccccc5-c5ccccc5-c5cccc6ccccc56)c5cccc6ccccc56)cccc43)c3ccccc32)cc1. The van der Waals surface area contributed by atoms with Crippen molar-refractivity contribution in [3.63, 3.8) is 0 Å². The molecule has 0 saturated heterocycles. The zero-order chi connectivity index (χ0) is 42.9. The molecule has 0 bridgehead atoms. The van der Waals surface area contributed by atoms with Crippen molar-refractivity contribution in [2.24, 2.45) is 0 Å². The number of benzene rings is 11. The molecular formula is C63H42N2. The Labute approximate surface area is 379 Å². The fraction of sp³-hybridized carbons (Fsp3) is 0.0159. The van der Waals surface area contributed by atoms with Gasteiger partial charge in [0.05, 0.1) is 33.9 Å². The molecule has 0 aromatic heterocycles. The zero-order valence-electron chi connectivity index (χ0n) is 35.6. The Morgan fingerprint density at radius 2 is 0.723 bits per heavy atom. The van der Waals surface area contributed by atoms with E-state index in [2.05, 4.69) is 265 Å². The van der Waals surface area contributed by atoms with Gasteiger partial charge in [-0.1, -0.05) is 212 Å². The minimum absolute atomic E-state index is 0.592. The van der Waals surface area contributed by atoms with Gasteiger partial charge in [0.2, 0.25) is 0 Å². The first-order chi connectivity index (χ1) is 32.3. The van der Waals surface area contributed by atoms with Crippen molar-refractivity contribution in [1.29, 1.82) is 0 Å². The molecule has 0 N–H and O–H groups in total. The third-order valence-corrected chi connectivity index (χ3v) is 13.8. The van der Waals surface area contributed by atoms with Gasteiger partial charge in [0.1, 0.15) is 0 Å². The highest BCUT2D eigenvalue weighted by Crippen LogP contribution is 2.65. The molecule has 0 fully saturated rings. The van der Waals surface area contributed by atoms with Gasteiger partial charge in [-0.05, 0) is 103 Å². The van der Waals surface area contributed by atoms with Gasteiger partial charge in [0.15, 0.2) is 0 Å². The lowest BCUT2D eigenvalue weighted by Gasteiger charge is -2.45. The van der Waals surface area contributed by atoms with Crippen LogP contribution in [-0.2, 0) is 5.41 Å². The van der Waals surface area contributed by atoms with Crippen LogP contribution in [-0.4, -0.2) is 0 Å². The number of nitrogens with zero attached hydrogens (tertiary/aromatic N) is 2. The number of hydrogen-bond donors (Lipinski definition) is 0. The molecule has 1 aliphatic carbocycles. The molecule has 0 amide bonds. The van der Waals surface area contributed by atoms with E-state index in [1.165, 1.54) is 83.0 Å². The molecule has 0 radical (unpaired) electrons. The van der Waals surface area contributed by atoms with Gasteiger partial charge in [-0.3, -0.25) is 0 Å². The highest BCUT2D eigenvalue weighted by Gasteiger charge is 2.52. The van der Waals surface area contributed by atoms with Crippen LogP contribution in [0.2, 0.25) is 0 Å². The van der Waals surface area contributed by atoms with Crippen LogP contribution in [0.4, 0.5) is 34.1 Å². The standard InChI is InChI=1S/C63H42N2/c1-2-25-45(26-3-1)64-59-39-16-13-35-54(59)63(55-36-14-17-40-60(55)64)53-34-12-10-32-52(53)62-56(63)37-20-42-61(62)65(57-41-19-24-44-22-5-7-28-47(44)57)58-38-15-11-31-51(58)50-30-9-8-29-49(50)48-33-18-23-43-21-4-6-27-46(43)48/h1-42H. The summed E-state index contributed by atoms with van der Waals surface area (Å²) >= 11 is 0. The quantitative estimate of drug-likeness (QED) is 0.165. The van der Waals surface area contributed by atoms with Gasteiger partial charge in [-0.25, -0.2) is 0 Å². The van der Waals surface area contributed by atoms with Crippen molar-refractivity contribution in [2.75, 3.05) is 9.80 Å². The summed E-state index contributed by atoms with van der Waals surface area (Å²) in [5.74, 6) is 0. The maximum absolute atomic E-state index is 2.56. The number of hydrogen-bond acceptors (Lipinski definition) is 2. The topological polar surface area (TPSA) is 6.48 Å². The second-order valence-corrected chi connectivity index (χ2v) is 17.1. The van der Waals surface area contributed by atoms with E-state index < -0.39 is 5.41 Å². The first kappa shape index (κ1) is 37.1. The van der Waals surface area contributed by atoms with Crippen LogP contribution < -0.4 is 9.80 Å². The Morgan fingerprint density at radius 1 is 0.277 bits per heavy atom. The molecule has 1 aliphatic heterocycles. The van der Waals surface area contributed by atoms with E-state index in [-0.39, 0.29) is 0 Å². The van der Waals surface area contributed by atoms with Crippen molar-refractivity contribution in [3.05, 3.63) is 277 Å². The van der Waals surface area contributed by atoms with Crippen LogP contribution >= 0.6 is 0 Å². The normalized spacial score (nSPS) is 13.0. The van der Waals surface area contributed by atoms with E-state index in [0.717, 1.165) is 28.3 Å². The average molecular weight is 827 g/mol. The monoisotopic (exact) mass is 826 g/mol. The minimum Gasteiger partial charge on any atom is -0.310 e. The summed E-state index contributed by atoms with van der Waals surface area (Å²) in [6.45, 7) is 0. The first-order valence-corrected chi connectivity index (χ1v) is 22.5. The Balaban J connectivity index is 1.12. The smallest absolute Gasteiger partial charge is 0.0755 e. The fourth-order valence-electron chi connectivity index (χ4n) is 11.3. The molecule has 1 heterocycles. The zero-order valence-corrected chi connectivity index (χ0v) is 35.6. The Kier molecular flexibility index (Phi) is 8.47. The molecule has 1 spiro atoms. The van der Waals surface area contributed by atoms with Crippen LogP contribution in [0.25, 0.3) is 54.9 Å². The molecule has 2 aliphatic rings. The molecule has 0 unspecified atom stereocenters. The maximum atomic E-state index is 2.56. The van der Waals surface area contributed by atoms with Crippen LogP contribution in [0.3, 0.4) is 0 Å². The second-order valence-electron chi connectivity index (χ2n) is 17.1. The van der Waals surface area contributed by atoms with Crippen LogP contribution in [0.15, 0.2) is 255 Å². The largest absolute Gasteiger partial charge is 0.310 e. The molecule has 11 aromatic rings. The van der Waals surface area contributed by atoms with Crippen LogP contribution in [0.5, 0.6) is 0 Å². The van der Waals surface area contributed by atoms with Gasteiger partial charge in [-0.15, -0.1) is 0 Å². The maximum Gasteiger partial charge on any atom is 0.0755 e. The van der Waals surface area contributed by atoms with Crippen LogP contribution in [0.1, 0.15) is 22.3 Å². The lowest BCUT2D eigenvalue weighted by atomic mass is 9.64. The second kappa shape index (κ2) is 14.8. The van der Waals surface area contributed by atoms with Gasteiger partial charge < -0.3 is 9.80 Å². The summed E-state index contributed by atoms with van der Waals surface area (Å²) in [6, 6.07) is 94.0. The number of fused-ring (bicyclic) bond motifs is 11. The predicted molar refractivity (Wildman–Crippen MR) is 273 cm³/mol. The van der Waals surface area contributed by atoms with E-state index in [9.17, 15) is 0 Å². The molecule has 2 heteroatoms. The molecule has 65 heavy (non-hydrogen) atoms. The van der Waals surface area contributed by atoms with Crippen LogP contribution in [0, 0.1) is 0 Å². The third kappa shape index (κ3) is 5.47. The van der Waals surface area contributed by atoms with Crippen molar-refractivity contribution >= 4 is 55.7 Å². The summed E-state index contributed by atoms with van der Waals surface area (Å²) in [5, 5.41) is 4.87. The van der Waals surface area contributed by atoms with Gasteiger partial charge >= 0.3 is 0 Å².